The summed E-state index contributed by atoms with van der Waals surface area (Å²) < 4.78 is 30.4. The summed E-state index contributed by atoms with van der Waals surface area (Å²) >= 11 is 0. The molecule has 1 aromatic carbocycles. The Hall–Kier alpha value is -3.79. The number of benzene rings is 1. The van der Waals surface area contributed by atoms with Gasteiger partial charge in [-0.2, -0.15) is 0 Å². The SMILES string of the molecule is COCCOc1c(-c2[nH]c3c(c2Nc2cccc(F)c2OC)C(=O)NCC3)ccnc1N. The molecule has 3 heterocycles. The first-order valence-corrected chi connectivity index (χ1v) is 10.0. The van der Waals surface area contributed by atoms with Crippen LogP contribution in [0.1, 0.15) is 16.1 Å². The molecule has 0 atom stereocenters. The van der Waals surface area contributed by atoms with Crippen LogP contribution in [0.4, 0.5) is 21.6 Å². The van der Waals surface area contributed by atoms with Crippen LogP contribution in [-0.4, -0.2) is 49.9 Å². The van der Waals surface area contributed by atoms with Crippen molar-refractivity contribution in [2.45, 2.75) is 6.42 Å². The van der Waals surface area contributed by atoms with Gasteiger partial charge in [0.25, 0.3) is 5.91 Å². The number of aromatic nitrogens is 2. The van der Waals surface area contributed by atoms with E-state index in [2.05, 4.69) is 20.6 Å². The van der Waals surface area contributed by atoms with Gasteiger partial charge in [-0.15, -0.1) is 0 Å². The van der Waals surface area contributed by atoms with E-state index < -0.39 is 5.82 Å². The highest BCUT2D eigenvalue weighted by Gasteiger charge is 2.29. The number of rotatable bonds is 8. The summed E-state index contributed by atoms with van der Waals surface area (Å²) in [5.74, 6) is -0.168. The number of nitrogens with zero attached hydrogens (tertiary/aromatic N) is 1. The van der Waals surface area contributed by atoms with Crippen molar-refractivity contribution in [3.63, 3.8) is 0 Å². The Bertz CT molecular complexity index is 1150. The largest absolute Gasteiger partial charge is 0.492 e. The van der Waals surface area contributed by atoms with Gasteiger partial charge in [0, 0.05) is 37.5 Å². The fraction of sp³-hybridized carbons (Fsp3) is 0.273. The molecular weight excluding hydrogens is 417 g/mol. The van der Waals surface area contributed by atoms with Gasteiger partial charge < -0.3 is 35.6 Å². The molecule has 0 radical (unpaired) electrons. The molecule has 0 saturated heterocycles. The molecule has 0 bridgehead atoms. The number of pyridine rings is 1. The number of para-hydroxylation sites is 1. The van der Waals surface area contributed by atoms with Gasteiger partial charge in [-0.3, -0.25) is 4.79 Å². The van der Waals surface area contributed by atoms with Gasteiger partial charge in [0.05, 0.1) is 36.3 Å². The summed E-state index contributed by atoms with van der Waals surface area (Å²) in [5.41, 5.74) is 9.30. The number of nitrogens with one attached hydrogen (secondary N) is 3. The number of fused-ring (bicyclic) bond motifs is 1. The first kappa shape index (κ1) is 21.4. The lowest BCUT2D eigenvalue weighted by Gasteiger charge is -2.17. The van der Waals surface area contributed by atoms with Crippen LogP contribution < -0.4 is 25.8 Å². The maximum absolute atomic E-state index is 14.3. The van der Waals surface area contributed by atoms with Crippen molar-refractivity contribution in [3.8, 4) is 22.8 Å². The Balaban J connectivity index is 1.87. The van der Waals surface area contributed by atoms with E-state index in [0.717, 1.165) is 5.69 Å². The Labute approximate surface area is 184 Å². The Morgan fingerprint density at radius 3 is 2.84 bits per heavy atom. The van der Waals surface area contributed by atoms with Gasteiger partial charge in [0.1, 0.15) is 6.61 Å². The number of hydrogen-bond acceptors (Lipinski definition) is 7. The molecule has 1 aliphatic rings. The minimum atomic E-state index is -0.523. The van der Waals surface area contributed by atoms with E-state index >= 15 is 0 Å². The van der Waals surface area contributed by atoms with Crippen LogP contribution in [0.25, 0.3) is 11.3 Å². The lowest BCUT2D eigenvalue weighted by atomic mass is 10.0. The van der Waals surface area contributed by atoms with Crippen molar-refractivity contribution in [1.82, 2.24) is 15.3 Å². The van der Waals surface area contributed by atoms with E-state index in [1.54, 1.807) is 31.5 Å². The van der Waals surface area contributed by atoms with Crippen molar-refractivity contribution in [2.24, 2.45) is 0 Å². The number of hydrogen-bond donors (Lipinski definition) is 4. The molecule has 2 aromatic heterocycles. The van der Waals surface area contributed by atoms with Crippen LogP contribution in [0.3, 0.4) is 0 Å². The van der Waals surface area contributed by atoms with Gasteiger partial charge in [-0.1, -0.05) is 6.07 Å². The lowest BCUT2D eigenvalue weighted by molar-refractivity contribution is 0.0947. The first-order valence-electron chi connectivity index (χ1n) is 10.0. The smallest absolute Gasteiger partial charge is 0.255 e. The average Bonchev–Trinajstić information content (AvgIpc) is 3.14. The third-order valence-corrected chi connectivity index (χ3v) is 5.13. The number of nitrogens with two attached hydrogens (primary N) is 1. The van der Waals surface area contributed by atoms with Crippen molar-refractivity contribution in [3.05, 3.63) is 47.5 Å². The van der Waals surface area contributed by atoms with E-state index in [0.29, 0.717) is 53.5 Å². The third-order valence-electron chi connectivity index (χ3n) is 5.13. The van der Waals surface area contributed by atoms with Crippen LogP contribution in [-0.2, 0) is 11.2 Å². The van der Waals surface area contributed by atoms with Gasteiger partial charge in [0.15, 0.2) is 23.1 Å². The molecule has 32 heavy (non-hydrogen) atoms. The molecule has 168 valence electrons. The number of aromatic amines is 1. The molecule has 0 spiro atoms. The number of ether oxygens (including phenoxy) is 3. The van der Waals surface area contributed by atoms with Gasteiger partial charge in [-0.05, 0) is 18.2 Å². The predicted octanol–water partition coefficient (Wildman–Crippen LogP) is 2.86. The second-order valence-corrected chi connectivity index (χ2v) is 7.09. The number of methoxy groups -OCH3 is 2. The zero-order valence-corrected chi connectivity index (χ0v) is 17.8. The number of anilines is 3. The highest BCUT2D eigenvalue weighted by atomic mass is 19.1. The van der Waals surface area contributed by atoms with Crippen LogP contribution in [0.2, 0.25) is 0 Å². The highest BCUT2D eigenvalue weighted by Crippen LogP contribution is 2.43. The fourth-order valence-electron chi connectivity index (χ4n) is 3.70. The molecule has 0 unspecified atom stereocenters. The number of carbonyl (C=O) groups is 1. The second kappa shape index (κ2) is 9.15. The van der Waals surface area contributed by atoms with E-state index in [9.17, 15) is 9.18 Å². The number of nitrogen functional groups attached to an aromatic ring is 1. The predicted molar refractivity (Wildman–Crippen MR) is 118 cm³/mol. The van der Waals surface area contributed by atoms with Crippen molar-refractivity contribution < 1.29 is 23.4 Å². The van der Waals surface area contributed by atoms with Gasteiger partial charge >= 0.3 is 0 Å². The Kier molecular flexibility index (Phi) is 6.13. The van der Waals surface area contributed by atoms with Crippen molar-refractivity contribution in [2.75, 3.05) is 45.0 Å². The maximum atomic E-state index is 14.3. The molecular formula is C22H24FN5O4. The second-order valence-electron chi connectivity index (χ2n) is 7.09. The number of carbonyl (C=O) groups excluding carboxylic acids is 1. The van der Waals surface area contributed by atoms with Crippen LogP contribution in [0.15, 0.2) is 30.5 Å². The molecule has 10 heteroatoms. The van der Waals surface area contributed by atoms with Gasteiger partial charge in [0.2, 0.25) is 0 Å². The van der Waals surface area contributed by atoms with Crippen molar-refractivity contribution >= 4 is 23.1 Å². The summed E-state index contributed by atoms with van der Waals surface area (Å²) in [6.45, 7) is 1.13. The summed E-state index contributed by atoms with van der Waals surface area (Å²) in [6.07, 6.45) is 2.16. The molecule has 3 aromatic rings. The minimum Gasteiger partial charge on any atom is -0.492 e. The highest BCUT2D eigenvalue weighted by molar-refractivity contribution is 6.06. The van der Waals surface area contributed by atoms with Crippen molar-refractivity contribution in [1.29, 1.82) is 0 Å². The van der Waals surface area contributed by atoms with Crippen LogP contribution >= 0.6 is 0 Å². The normalized spacial score (nSPS) is 12.8. The third kappa shape index (κ3) is 3.92. The van der Waals surface area contributed by atoms with Crippen LogP contribution in [0.5, 0.6) is 11.5 Å². The lowest BCUT2D eigenvalue weighted by Crippen LogP contribution is -2.31. The zero-order valence-electron chi connectivity index (χ0n) is 17.8. The fourth-order valence-corrected chi connectivity index (χ4v) is 3.70. The Morgan fingerprint density at radius 2 is 2.06 bits per heavy atom. The standard InChI is InChI=1S/C22H24FN5O4/c1-30-10-11-32-19-12(6-8-25-21(19)24)17-18(16-14(27-17)7-9-26-22(16)29)28-15-5-3-4-13(23)20(15)31-2/h3-6,8,27-28H,7,9-11H2,1-2H3,(H2,24,25)(H,26,29). The average molecular weight is 441 g/mol. The first-order chi connectivity index (χ1) is 15.5. The number of H-pyrrole nitrogens is 1. The summed E-state index contributed by atoms with van der Waals surface area (Å²) in [6, 6.07) is 6.27. The quantitative estimate of drug-likeness (QED) is 0.396. The summed E-state index contributed by atoms with van der Waals surface area (Å²) in [4.78, 5) is 20.2. The molecule has 1 amide bonds. The minimum absolute atomic E-state index is 0.0374. The molecule has 0 fully saturated rings. The number of halogens is 1. The topological polar surface area (TPSA) is 124 Å². The molecule has 1 aliphatic heterocycles. The molecule has 0 saturated carbocycles. The maximum Gasteiger partial charge on any atom is 0.255 e. The molecule has 9 nitrogen and oxygen atoms in total. The van der Waals surface area contributed by atoms with E-state index in [1.165, 1.54) is 13.2 Å². The summed E-state index contributed by atoms with van der Waals surface area (Å²) in [5, 5.41) is 6.03. The van der Waals surface area contributed by atoms with Crippen LogP contribution in [0, 0.1) is 5.82 Å². The van der Waals surface area contributed by atoms with Gasteiger partial charge in [-0.25, -0.2) is 9.37 Å². The monoisotopic (exact) mass is 441 g/mol. The summed E-state index contributed by atoms with van der Waals surface area (Å²) in [7, 11) is 2.96. The molecule has 4 rings (SSSR count). The molecule has 5 N–H and O–H groups in total. The van der Waals surface area contributed by atoms with E-state index in [-0.39, 0.29) is 24.1 Å². The molecule has 0 aliphatic carbocycles. The Morgan fingerprint density at radius 1 is 1.22 bits per heavy atom. The number of amides is 1. The van der Waals surface area contributed by atoms with E-state index in [1.807, 2.05) is 0 Å². The zero-order chi connectivity index (χ0) is 22.7. The van der Waals surface area contributed by atoms with E-state index in [4.69, 9.17) is 19.9 Å².